The molecular formula is C25H25F3N4O3S. The third-order valence-electron chi connectivity index (χ3n) is 6.93. The van der Waals surface area contributed by atoms with E-state index in [2.05, 4.69) is 5.10 Å². The maximum atomic E-state index is 13.7. The molecule has 1 aromatic heterocycles. The number of fused-ring (bicyclic) bond motifs is 1. The molecule has 7 nitrogen and oxygen atoms in total. The summed E-state index contributed by atoms with van der Waals surface area (Å²) in [6.45, 7) is 3.93. The lowest BCUT2D eigenvalue weighted by atomic mass is 10.0. The molecule has 3 aromatic rings. The molecule has 11 heteroatoms. The molecule has 2 aromatic carbocycles. The second-order valence-corrected chi connectivity index (χ2v) is 11.1. The predicted octanol–water partition coefficient (Wildman–Crippen LogP) is 4.78. The monoisotopic (exact) mass is 518 g/mol. The minimum atomic E-state index is -4.65. The Morgan fingerprint density at radius 2 is 1.83 bits per heavy atom. The first-order valence-corrected chi connectivity index (χ1v) is 13.1. The minimum absolute atomic E-state index is 0.0107. The molecule has 0 N–H and O–H groups in total. The molecule has 2 aliphatic rings. The molecule has 2 aliphatic heterocycles. The zero-order valence-corrected chi connectivity index (χ0v) is 20.6. The van der Waals surface area contributed by atoms with E-state index < -0.39 is 33.1 Å². The number of nitrogens with zero attached hydrogens (tertiary/aromatic N) is 4. The first-order valence-electron chi connectivity index (χ1n) is 11.6. The van der Waals surface area contributed by atoms with Gasteiger partial charge in [-0.2, -0.15) is 18.3 Å². The van der Waals surface area contributed by atoms with Crippen LogP contribution in [0.1, 0.15) is 53.1 Å². The van der Waals surface area contributed by atoms with E-state index >= 15 is 0 Å². The summed E-state index contributed by atoms with van der Waals surface area (Å²) in [4.78, 5) is 15.0. The number of rotatable bonds is 4. The zero-order chi connectivity index (χ0) is 25.8. The molecule has 1 amide bonds. The van der Waals surface area contributed by atoms with Gasteiger partial charge in [0.25, 0.3) is 5.91 Å². The molecule has 1 saturated heterocycles. The number of alkyl halides is 3. The third-order valence-corrected chi connectivity index (χ3v) is 8.79. The van der Waals surface area contributed by atoms with Crippen LogP contribution in [0.4, 0.5) is 13.2 Å². The fourth-order valence-corrected chi connectivity index (χ4v) is 6.83. The first-order chi connectivity index (χ1) is 17.0. The van der Waals surface area contributed by atoms with Gasteiger partial charge in [-0.1, -0.05) is 28.5 Å². The number of hydrogen-bond donors (Lipinski definition) is 0. The Morgan fingerprint density at radius 3 is 2.53 bits per heavy atom. The van der Waals surface area contributed by atoms with Gasteiger partial charge in [0.05, 0.1) is 29.5 Å². The summed E-state index contributed by atoms with van der Waals surface area (Å²) in [5.41, 5.74) is 1.73. The quantitative estimate of drug-likeness (QED) is 0.466. The molecule has 0 spiro atoms. The number of hydrogen-bond acceptors (Lipinski definition) is 4. The van der Waals surface area contributed by atoms with Crippen molar-refractivity contribution >= 4 is 16.3 Å². The van der Waals surface area contributed by atoms with E-state index in [9.17, 15) is 26.7 Å². The summed E-state index contributed by atoms with van der Waals surface area (Å²) in [7, 11) is -4.18. The molecule has 3 unspecified atom stereocenters. The normalized spacial score (nSPS) is 22.5. The lowest BCUT2D eigenvalue weighted by molar-refractivity contribution is -0.137. The van der Waals surface area contributed by atoms with Crippen LogP contribution in [-0.4, -0.2) is 48.6 Å². The largest absolute Gasteiger partial charge is 0.593 e. The van der Waals surface area contributed by atoms with Crippen molar-refractivity contribution in [2.24, 2.45) is 0 Å². The van der Waals surface area contributed by atoms with Crippen molar-refractivity contribution in [3.63, 3.8) is 0 Å². The topological polar surface area (TPSA) is 81.5 Å². The molecule has 36 heavy (non-hydrogen) atoms. The number of para-hydroxylation sites is 1. The van der Waals surface area contributed by atoms with Crippen LogP contribution in [0.5, 0.6) is 0 Å². The van der Waals surface area contributed by atoms with Gasteiger partial charge in [0.15, 0.2) is 15.3 Å². The number of amides is 1. The minimum Gasteiger partial charge on any atom is -0.593 e. The first kappa shape index (κ1) is 24.7. The molecule has 0 aliphatic carbocycles. The lowest BCUT2D eigenvalue weighted by Crippen LogP contribution is -2.52. The van der Waals surface area contributed by atoms with Crippen molar-refractivity contribution in [3.8, 4) is 5.69 Å². The highest BCUT2D eigenvalue weighted by Crippen LogP contribution is 2.40. The average molecular weight is 519 g/mol. The summed E-state index contributed by atoms with van der Waals surface area (Å²) < 4.78 is 68.9. The van der Waals surface area contributed by atoms with Gasteiger partial charge in [0, 0.05) is 24.2 Å². The van der Waals surface area contributed by atoms with Crippen molar-refractivity contribution in [3.05, 3.63) is 77.1 Å². The van der Waals surface area contributed by atoms with Crippen LogP contribution in [-0.2, 0) is 20.8 Å². The molecule has 3 atom stereocenters. The number of carbonyl (C=O) groups excluding carboxylic acids is 1. The number of piperidine rings is 1. The van der Waals surface area contributed by atoms with Crippen molar-refractivity contribution < 1.29 is 26.7 Å². The number of aromatic nitrogens is 2. The Hall–Kier alpha value is -3.02. The summed E-state index contributed by atoms with van der Waals surface area (Å²) in [5, 5.41) is 4.58. The highest BCUT2D eigenvalue weighted by Gasteiger charge is 2.46. The second kappa shape index (κ2) is 8.82. The summed E-state index contributed by atoms with van der Waals surface area (Å²) >= 11 is 0. The van der Waals surface area contributed by atoms with E-state index in [1.165, 1.54) is 10.4 Å². The van der Waals surface area contributed by atoms with Crippen LogP contribution in [0.15, 0.2) is 59.5 Å². The fourth-order valence-electron chi connectivity index (χ4n) is 5.27. The number of halogens is 3. The Labute approximate surface area is 207 Å². The van der Waals surface area contributed by atoms with Gasteiger partial charge in [0.2, 0.25) is 0 Å². The van der Waals surface area contributed by atoms with Gasteiger partial charge >= 0.3 is 6.18 Å². The second-order valence-electron chi connectivity index (χ2n) is 9.17. The van der Waals surface area contributed by atoms with Crippen LogP contribution in [0.2, 0.25) is 0 Å². The van der Waals surface area contributed by atoms with Gasteiger partial charge in [-0.3, -0.25) is 4.79 Å². The Kier molecular flexibility index (Phi) is 6.05. The van der Waals surface area contributed by atoms with Crippen molar-refractivity contribution in [2.45, 2.75) is 49.8 Å². The van der Waals surface area contributed by atoms with Gasteiger partial charge in [-0.05, 0) is 51.0 Å². The van der Waals surface area contributed by atoms with E-state index in [0.717, 1.165) is 29.1 Å². The van der Waals surface area contributed by atoms with Crippen LogP contribution in [0.25, 0.3) is 5.69 Å². The Balaban J connectivity index is 1.43. The highest BCUT2D eigenvalue weighted by atomic mass is 32.3. The van der Waals surface area contributed by atoms with Crippen LogP contribution in [0, 0.1) is 6.92 Å². The number of benzene rings is 2. The van der Waals surface area contributed by atoms with Crippen LogP contribution < -0.4 is 0 Å². The van der Waals surface area contributed by atoms with Crippen molar-refractivity contribution in [2.75, 3.05) is 13.1 Å². The molecule has 3 heterocycles. The molecule has 0 saturated carbocycles. The molecule has 190 valence electrons. The lowest BCUT2D eigenvalue weighted by Gasteiger charge is -2.40. The van der Waals surface area contributed by atoms with Crippen molar-refractivity contribution in [1.29, 1.82) is 0 Å². The molecular weight excluding hydrogens is 493 g/mol. The molecule has 5 rings (SSSR count). The van der Waals surface area contributed by atoms with Gasteiger partial charge < -0.3 is 9.45 Å². The Morgan fingerprint density at radius 1 is 1.11 bits per heavy atom. The van der Waals surface area contributed by atoms with Crippen molar-refractivity contribution in [1.82, 2.24) is 19.0 Å². The van der Waals surface area contributed by atoms with Gasteiger partial charge in [-0.15, -0.1) is 4.31 Å². The SMILES string of the molecule is Cc1nn(-c2ccccc2)c2c1C(C)N(C1CCCN([S+](=O)([O-])c3cccc(C(F)(F)F)c3)C1)C2=O. The third kappa shape index (κ3) is 4.04. The van der Waals surface area contributed by atoms with Gasteiger partial charge in [-0.25, -0.2) is 4.68 Å². The van der Waals surface area contributed by atoms with Gasteiger partial charge in [0.1, 0.15) is 5.69 Å². The Bertz CT molecular complexity index is 1360. The predicted molar refractivity (Wildman–Crippen MR) is 126 cm³/mol. The number of carbonyl (C=O) groups is 1. The van der Waals surface area contributed by atoms with E-state index in [4.69, 9.17) is 0 Å². The maximum Gasteiger partial charge on any atom is 0.416 e. The van der Waals surface area contributed by atoms with E-state index in [0.29, 0.717) is 24.6 Å². The maximum absolute atomic E-state index is 13.7. The zero-order valence-electron chi connectivity index (χ0n) is 19.7. The summed E-state index contributed by atoms with van der Waals surface area (Å²) in [6.07, 6.45) is -3.57. The van der Waals surface area contributed by atoms with Crippen LogP contribution >= 0.6 is 0 Å². The van der Waals surface area contributed by atoms with Crippen LogP contribution in [0.3, 0.4) is 0 Å². The molecule has 1 fully saturated rings. The van der Waals surface area contributed by atoms with E-state index in [1.54, 1.807) is 9.58 Å². The summed E-state index contributed by atoms with van der Waals surface area (Å²) in [6, 6.07) is 12.3. The smallest absolute Gasteiger partial charge is 0.416 e. The molecule has 0 bridgehead atoms. The van der Waals surface area contributed by atoms with E-state index in [1.807, 2.05) is 44.2 Å². The average Bonchev–Trinajstić information content (AvgIpc) is 3.34. The standard InChI is InChI=1S/C25H25F3N4O3S/c1-16-22-17(2)31(24(33)23(22)32(29-16)19-9-4-3-5-10-19)20-11-7-13-30(15-20)36(34,35)21-12-6-8-18(14-21)25(26,27)28/h3-6,8-10,12,14,17,20H,7,11,13,15H2,1-2H3. The fraction of sp³-hybridized carbons (Fsp3) is 0.360. The van der Waals surface area contributed by atoms with E-state index in [-0.39, 0.29) is 25.0 Å². The number of sulfonamides is 1. The summed E-state index contributed by atoms with van der Waals surface area (Å²) in [5.74, 6) is -0.231. The molecule has 0 radical (unpaired) electrons. The number of aryl methyl sites for hydroxylation is 1. The highest BCUT2D eigenvalue weighted by molar-refractivity contribution is 7.95.